The van der Waals surface area contributed by atoms with Gasteiger partial charge < -0.3 is 9.67 Å². The van der Waals surface area contributed by atoms with Crippen LogP contribution in [0, 0.1) is 13.8 Å². The molecule has 2 aromatic heterocycles. The van der Waals surface area contributed by atoms with E-state index in [-0.39, 0.29) is 6.42 Å². The van der Waals surface area contributed by atoms with Crippen LogP contribution in [0.2, 0.25) is 0 Å². The van der Waals surface area contributed by atoms with Crippen LogP contribution in [0.4, 0.5) is 0 Å². The molecule has 0 unspecified atom stereocenters. The average Bonchev–Trinajstić information content (AvgIpc) is 3.04. The molecule has 2 N–H and O–H groups in total. The molecule has 1 aromatic carbocycles. The number of nitrogens with zero attached hydrogens (tertiary/aromatic N) is 3. The van der Waals surface area contributed by atoms with E-state index < -0.39 is 5.97 Å². The highest BCUT2D eigenvalue weighted by Gasteiger charge is 2.15. The van der Waals surface area contributed by atoms with Crippen LogP contribution in [0.1, 0.15) is 17.5 Å². The molecule has 0 aliphatic carbocycles. The van der Waals surface area contributed by atoms with Crippen LogP contribution < -0.4 is 0 Å². The number of rotatable bonds is 4. The van der Waals surface area contributed by atoms with E-state index in [1.807, 2.05) is 30.5 Å². The van der Waals surface area contributed by atoms with E-state index in [0.29, 0.717) is 12.4 Å². The van der Waals surface area contributed by atoms with Gasteiger partial charge in [0.2, 0.25) is 0 Å². The fourth-order valence-electron chi connectivity index (χ4n) is 2.40. The highest BCUT2D eigenvalue weighted by atomic mass is 16.4. The molecule has 0 fully saturated rings. The number of carbonyl (C=O) groups is 1. The number of carboxylic acid groups (broad SMARTS) is 1. The van der Waals surface area contributed by atoms with Crippen molar-refractivity contribution in [3.8, 4) is 11.5 Å². The second-order valence-electron chi connectivity index (χ2n) is 5.13. The quantitative estimate of drug-likeness (QED) is 0.771. The van der Waals surface area contributed by atoms with Crippen molar-refractivity contribution < 1.29 is 9.90 Å². The molecule has 0 aliphatic rings. The Kier molecular flexibility index (Phi) is 3.21. The summed E-state index contributed by atoms with van der Waals surface area (Å²) in [5, 5.41) is 15.8. The van der Waals surface area contributed by atoms with E-state index in [4.69, 9.17) is 5.11 Å². The number of H-pyrrole nitrogens is 1. The molecule has 6 heteroatoms. The number of aliphatic carboxylic acids is 1. The number of benzene rings is 1. The molecule has 0 radical (unpaired) electrons. The van der Waals surface area contributed by atoms with Crippen molar-refractivity contribution in [1.29, 1.82) is 0 Å². The van der Waals surface area contributed by atoms with Crippen LogP contribution in [-0.4, -0.2) is 30.8 Å². The van der Waals surface area contributed by atoms with Crippen molar-refractivity contribution in [2.75, 3.05) is 0 Å². The van der Waals surface area contributed by atoms with Gasteiger partial charge in [-0.05, 0) is 43.2 Å². The van der Waals surface area contributed by atoms with Crippen LogP contribution in [-0.2, 0) is 11.3 Å². The van der Waals surface area contributed by atoms with Gasteiger partial charge in [-0.1, -0.05) is 0 Å². The van der Waals surface area contributed by atoms with Gasteiger partial charge in [0, 0.05) is 12.7 Å². The van der Waals surface area contributed by atoms with Crippen molar-refractivity contribution in [3.63, 3.8) is 0 Å². The van der Waals surface area contributed by atoms with E-state index in [1.54, 1.807) is 6.20 Å². The lowest BCUT2D eigenvalue weighted by molar-refractivity contribution is -0.137. The summed E-state index contributed by atoms with van der Waals surface area (Å²) in [4.78, 5) is 15.5. The lowest BCUT2D eigenvalue weighted by Gasteiger charge is -2.07. The molecule has 0 aliphatic heterocycles. The van der Waals surface area contributed by atoms with Gasteiger partial charge in [0.1, 0.15) is 5.69 Å². The minimum Gasteiger partial charge on any atom is -0.481 e. The number of aromatic nitrogens is 4. The van der Waals surface area contributed by atoms with Crippen LogP contribution in [0.3, 0.4) is 0 Å². The topological polar surface area (TPSA) is 83.8 Å². The van der Waals surface area contributed by atoms with Gasteiger partial charge in [0.15, 0.2) is 5.82 Å². The minimum atomic E-state index is -0.823. The molecule has 108 valence electrons. The molecule has 0 atom stereocenters. The van der Waals surface area contributed by atoms with Gasteiger partial charge in [-0.3, -0.25) is 9.89 Å². The standard InChI is InChI=1S/C15H16N4O2/c1-9-7-12-13(8-10(9)2)19(6-4-14(20)21)15(17-12)11-3-5-16-18-11/h3,5,7-8H,4,6H2,1-2H3,(H,16,18)(H,20,21). The van der Waals surface area contributed by atoms with Crippen LogP contribution in [0.5, 0.6) is 0 Å². The average molecular weight is 284 g/mol. The normalized spacial score (nSPS) is 11.1. The third-order valence-corrected chi connectivity index (χ3v) is 3.65. The number of imidazole rings is 1. The number of aromatic amines is 1. The molecular weight excluding hydrogens is 268 g/mol. The summed E-state index contributed by atoms with van der Waals surface area (Å²) in [5.74, 6) is -0.106. The Balaban J connectivity index is 2.20. The Morgan fingerprint density at radius 1 is 1.33 bits per heavy atom. The predicted octanol–water partition coefficient (Wildman–Crippen LogP) is 2.52. The number of carboxylic acids is 1. The smallest absolute Gasteiger partial charge is 0.305 e. The van der Waals surface area contributed by atoms with Gasteiger partial charge in [-0.2, -0.15) is 5.10 Å². The monoisotopic (exact) mass is 284 g/mol. The first kappa shape index (κ1) is 13.4. The van der Waals surface area contributed by atoms with Crippen molar-refractivity contribution in [3.05, 3.63) is 35.5 Å². The van der Waals surface area contributed by atoms with E-state index >= 15 is 0 Å². The molecule has 3 rings (SSSR count). The number of hydrogen-bond acceptors (Lipinski definition) is 3. The maximum atomic E-state index is 10.9. The zero-order valence-corrected chi connectivity index (χ0v) is 11.9. The first-order chi connectivity index (χ1) is 10.1. The third-order valence-electron chi connectivity index (χ3n) is 3.65. The number of fused-ring (bicyclic) bond motifs is 1. The molecule has 21 heavy (non-hydrogen) atoms. The Hall–Kier alpha value is -2.63. The molecular formula is C15H16N4O2. The highest BCUT2D eigenvalue weighted by Crippen LogP contribution is 2.26. The maximum absolute atomic E-state index is 10.9. The molecule has 0 saturated heterocycles. The molecule has 0 saturated carbocycles. The van der Waals surface area contributed by atoms with Gasteiger partial charge in [-0.25, -0.2) is 4.98 Å². The van der Waals surface area contributed by atoms with Gasteiger partial charge in [-0.15, -0.1) is 0 Å². The highest BCUT2D eigenvalue weighted by molar-refractivity contribution is 5.82. The van der Waals surface area contributed by atoms with Crippen LogP contribution in [0.25, 0.3) is 22.6 Å². The predicted molar refractivity (Wildman–Crippen MR) is 79.0 cm³/mol. The Labute approximate surface area is 121 Å². The first-order valence-electron chi connectivity index (χ1n) is 6.75. The Morgan fingerprint density at radius 2 is 2.10 bits per heavy atom. The summed E-state index contributed by atoms with van der Waals surface area (Å²) in [6.07, 6.45) is 1.71. The first-order valence-corrected chi connectivity index (χ1v) is 6.75. The fourth-order valence-corrected chi connectivity index (χ4v) is 2.40. The maximum Gasteiger partial charge on any atom is 0.305 e. The summed E-state index contributed by atoms with van der Waals surface area (Å²) >= 11 is 0. The zero-order chi connectivity index (χ0) is 15.0. The molecule has 0 spiro atoms. The minimum absolute atomic E-state index is 0.0551. The molecule has 0 amide bonds. The molecule has 6 nitrogen and oxygen atoms in total. The summed E-state index contributed by atoms with van der Waals surface area (Å²) < 4.78 is 1.93. The van der Waals surface area contributed by atoms with E-state index in [9.17, 15) is 4.79 Å². The van der Waals surface area contributed by atoms with Crippen molar-refractivity contribution >= 4 is 17.0 Å². The largest absolute Gasteiger partial charge is 0.481 e. The van der Waals surface area contributed by atoms with Crippen molar-refractivity contribution in [1.82, 2.24) is 19.7 Å². The van der Waals surface area contributed by atoms with Gasteiger partial charge in [0.25, 0.3) is 0 Å². The Bertz CT molecular complexity index is 803. The SMILES string of the molecule is Cc1cc2nc(-c3ccn[nH]3)n(CCC(=O)O)c2cc1C. The third kappa shape index (κ3) is 2.40. The molecule has 3 aromatic rings. The zero-order valence-electron chi connectivity index (χ0n) is 11.9. The van der Waals surface area contributed by atoms with E-state index in [2.05, 4.69) is 21.2 Å². The summed E-state index contributed by atoms with van der Waals surface area (Å²) in [7, 11) is 0. The molecule has 2 heterocycles. The Morgan fingerprint density at radius 3 is 2.76 bits per heavy atom. The summed E-state index contributed by atoms with van der Waals surface area (Å²) in [5.41, 5.74) is 4.93. The van der Waals surface area contributed by atoms with E-state index in [1.165, 1.54) is 5.56 Å². The second kappa shape index (κ2) is 5.05. The van der Waals surface area contributed by atoms with Crippen molar-refractivity contribution in [2.24, 2.45) is 0 Å². The van der Waals surface area contributed by atoms with Crippen molar-refractivity contribution in [2.45, 2.75) is 26.8 Å². The number of aryl methyl sites for hydroxylation is 3. The lowest BCUT2D eigenvalue weighted by atomic mass is 10.1. The molecule has 0 bridgehead atoms. The second-order valence-corrected chi connectivity index (χ2v) is 5.13. The summed E-state index contributed by atoms with van der Waals surface area (Å²) in [6, 6.07) is 5.92. The number of nitrogens with one attached hydrogen (secondary N) is 1. The lowest BCUT2D eigenvalue weighted by Crippen LogP contribution is -2.06. The van der Waals surface area contributed by atoms with Gasteiger partial charge in [0.05, 0.1) is 17.5 Å². The van der Waals surface area contributed by atoms with Crippen LogP contribution in [0.15, 0.2) is 24.4 Å². The fraction of sp³-hybridized carbons (Fsp3) is 0.267. The number of hydrogen-bond donors (Lipinski definition) is 2. The summed E-state index contributed by atoms with van der Waals surface area (Å²) in [6.45, 7) is 4.46. The van der Waals surface area contributed by atoms with Crippen LogP contribution >= 0.6 is 0 Å². The van der Waals surface area contributed by atoms with Gasteiger partial charge >= 0.3 is 5.97 Å². The van der Waals surface area contributed by atoms with E-state index in [0.717, 1.165) is 22.3 Å².